The van der Waals surface area contributed by atoms with Gasteiger partial charge in [0.2, 0.25) is 0 Å². The summed E-state index contributed by atoms with van der Waals surface area (Å²) >= 11 is 0. The molecule has 1 spiro atoms. The van der Waals surface area contributed by atoms with Crippen LogP contribution in [0.5, 0.6) is 0 Å². The van der Waals surface area contributed by atoms with Crippen molar-refractivity contribution in [3.8, 4) is 33.4 Å². The van der Waals surface area contributed by atoms with Gasteiger partial charge in [0.15, 0.2) is 0 Å². The van der Waals surface area contributed by atoms with Crippen molar-refractivity contribution in [1.82, 2.24) is 0 Å². The van der Waals surface area contributed by atoms with E-state index in [4.69, 9.17) is 0 Å². The lowest BCUT2D eigenvalue weighted by atomic mass is 9.58. The zero-order valence-corrected chi connectivity index (χ0v) is 32.6. The summed E-state index contributed by atoms with van der Waals surface area (Å²) in [6.45, 7) is 0.780. The second kappa shape index (κ2) is 13.3. The fraction of sp³-hybridized carbons (Fsp3) is 0.0526. The maximum atomic E-state index is 2.63. The molecule has 3 aliphatic heterocycles. The number of benzene rings is 8. The number of para-hydroxylation sites is 3. The predicted octanol–water partition coefficient (Wildman–Crippen LogP) is 14.7. The summed E-state index contributed by atoms with van der Waals surface area (Å²) in [6.07, 6.45) is 12.3. The molecule has 8 aromatic rings. The van der Waals surface area contributed by atoms with Crippen LogP contribution in [0.4, 0.5) is 28.4 Å². The molecule has 0 bridgehead atoms. The molecule has 1 aliphatic carbocycles. The number of hydrogen-bond donors (Lipinski definition) is 0. The van der Waals surface area contributed by atoms with E-state index in [0.717, 1.165) is 18.7 Å². The van der Waals surface area contributed by atoms with E-state index in [1.54, 1.807) is 0 Å². The number of fused-ring (bicyclic) bond motifs is 10. The van der Waals surface area contributed by atoms with Gasteiger partial charge in [-0.15, -0.1) is 0 Å². The van der Waals surface area contributed by atoms with Crippen LogP contribution >= 0.6 is 0 Å². The Kier molecular flexibility index (Phi) is 7.61. The SMILES string of the molecule is C1=CCC=CC(c2cc3c4c(c2)C2(c5cc(-c6ccccc6)ccc5N4Cc4ccc(-c5ccccc5)cc4-3)c3ccccc3N(c3ccccc3)c3ccccc32)=C1. The Balaban J connectivity index is 1.24. The van der Waals surface area contributed by atoms with Gasteiger partial charge < -0.3 is 9.80 Å². The van der Waals surface area contributed by atoms with Gasteiger partial charge in [0.05, 0.1) is 22.5 Å². The maximum Gasteiger partial charge on any atom is 0.0783 e. The minimum absolute atomic E-state index is 0.658. The monoisotopic (exact) mass is 752 g/mol. The standard InChI is InChI=1S/C57H40N2/c1-2-7-23-41(22-6-1)45-35-48-47-34-42(39-18-8-3-9-19-39)30-31-44(47)38-58-53-33-32-43(40-20-10-4-11-21-40)36-51(53)57(52(37-45)56(48)58)49-26-14-16-28-54(49)59(46-24-12-5-13-25-46)55-29-17-15-27-50(55)57/h1,3-37H,2,38H2. The Morgan fingerprint density at radius 3 is 1.73 bits per heavy atom. The third kappa shape index (κ3) is 5.06. The van der Waals surface area contributed by atoms with E-state index in [2.05, 4.69) is 228 Å². The van der Waals surface area contributed by atoms with Crippen LogP contribution in [-0.4, -0.2) is 0 Å². The summed E-state index contributed by atoms with van der Waals surface area (Å²) in [7, 11) is 0. The Bertz CT molecular complexity index is 3000. The van der Waals surface area contributed by atoms with Gasteiger partial charge in [0, 0.05) is 23.5 Å². The highest BCUT2D eigenvalue weighted by Crippen LogP contribution is 2.66. The lowest BCUT2D eigenvalue weighted by Gasteiger charge is -2.53. The van der Waals surface area contributed by atoms with Gasteiger partial charge in [-0.25, -0.2) is 0 Å². The third-order valence-electron chi connectivity index (χ3n) is 12.8. The van der Waals surface area contributed by atoms with Crippen molar-refractivity contribution >= 4 is 34.0 Å². The summed E-state index contributed by atoms with van der Waals surface area (Å²) in [6, 6.07) is 70.3. The normalized spacial score (nSPS) is 15.0. The van der Waals surface area contributed by atoms with E-state index in [1.807, 2.05) is 0 Å². The van der Waals surface area contributed by atoms with Crippen LogP contribution in [0.25, 0.3) is 39.0 Å². The third-order valence-corrected chi connectivity index (χ3v) is 12.8. The summed E-state index contributed by atoms with van der Waals surface area (Å²) in [4.78, 5) is 5.10. The molecule has 0 radical (unpaired) electrons. The van der Waals surface area contributed by atoms with E-state index < -0.39 is 5.41 Å². The first-order chi connectivity index (χ1) is 29.3. The summed E-state index contributed by atoms with van der Waals surface area (Å²) < 4.78 is 0. The van der Waals surface area contributed by atoms with Crippen LogP contribution in [0.15, 0.2) is 218 Å². The molecule has 59 heavy (non-hydrogen) atoms. The molecule has 278 valence electrons. The van der Waals surface area contributed by atoms with Crippen LogP contribution in [0.1, 0.15) is 39.8 Å². The highest BCUT2D eigenvalue weighted by molar-refractivity contribution is 6.02. The fourth-order valence-electron chi connectivity index (χ4n) is 10.3. The van der Waals surface area contributed by atoms with Gasteiger partial charge in [0.25, 0.3) is 0 Å². The van der Waals surface area contributed by atoms with Crippen LogP contribution in [-0.2, 0) is 12.0 Å². The highest BCUT2D eigenvalue weighted by Gasteiger charge is 2.53. The molecule has 2 nitrogen and oxygen atoms in total. The van der Waals surface area contributed by atoms with E-state index in [-0.39, 0.29) is 0 Å². The lowest BCUT2D eigenvalue weighted by Crippen LogP contribution is -2.43. The first-order valence-electron chi connectivity index (χ1n) is 20.7. The van der Waals surface area contributed by atoms with Gasteiger partial charge in [-0.05, 0) is 128 Å². The molecular formula is C57H40N2. The lowest BCUT2D eigenvalue weighted by molar-refractivity contribution is 0.703. The minimum atomic E-state index is -0.658. The Labute approximate surface area is 346 Å². The molecule has 0 aromatic heterocycles. The molecule has 0 saturated carbocycles. The van der Waals surface area contributed by atoms with Crippen LogP contribution in [0, 0.1) is 0 Å². The quantitative estimate of drug-likeness (QED) is 0.177. The Morgan fingerprint density at radius 2 is 1.02 bits per heavy atom. The molecule has 0 saturated heterocycles. The van der Waals surface area contributed by atoms with E-state index in [1.165, 1.54) is 95.1 Å². The highest BCUT2D eigenvalue weighted by atomic mass is 15.2. The second-order valence-electron chi connectivity index (χ2n) is 16.0. The number of allylic oxidation sites excluding steroid dienone is 6. The van der Waals surface area contributed by atoms with Crippen molar-refractivity contribution in [1.29, 1.82) is 0 Å². The predicted molar refractivity (Wildman–Crippen MR) is 246 cm³/mol. The van der Waals surface area contributed by atoms with Crippen LogP contribution in [0.3, 0.4) is 0 Å². The van der Waals surface area contributed by atoms with Crippen molar-refractivity contribution in [2.45, 2.75) is 18.4 Å². The Morgan fingerprint density at radius 1 is 0.424 bits per heavy atom. The molecule has 0 unspecified atom stereocenters. The van der Waals surface area contributed by atoms with Gasteiger partial charge in [-0.3, -0.25) is 0 Å². The van der Waals surface area contributed by atoms with Gasteiger partial charge in [-0.1, -0.05) is 164 Å². The topological polar surface area (TPSA) is 6.48 Å². The molecule has 12 rings (SSSR count). The Hall–Kier alpha value is -7.42. The van der Waals surface area contributed by atoms with Crippen molar-refractivity contribution in [2.75, 3.05) is 9.80 Å². The van der Waals surface area contributed by atoms with Crippen molar-refractivity contribution < 1.29 is 0 Å². The second-order valence-corrected chi connectivity index (χ2v) is 16.0. The molecule has 2 heteroatoms. The molecule has 8 aromatic carbocycles. The summed E-state index contributed by atoms with van der Waals surface area (Å²) in [5.41, 5.74) is 21.8. The average Bonchev–Trinajstić information content (AvgIpc) is 3.61. The number of nitrogens with zero attached hydrogens (tertiary/aromatic N) is 2. The van der Waals surface area contributed by atoms with Gasteiger partial charge in [-0.2, -0.15) is 0 Å². The van der Waals surface area contributed by atoms with Gasteiger partial charge in [0.1, 0.15) is 0 Å². The van der Waals surface area contributed by atoms with Crippen molar-refractivity contribution in [3.63, 3.8) is 0 Å². The first-order valence-corrected chi connectivity index (χ1v) is 20.7. The minimum Gasteiger partial charge on any atom is -0.336 e. The molecule has 0 fully saturated rings. The molecular weight excluding hydrogens is 713 g/mol. The van der Waals surface area contributed by atoms with Crippen molar-refractivity contribution in [3.05, 3.63) is 252 Å². The molecule has 4 aliphatic rings. The number of rotatable bonds is 4. The largest absolute Gasteiger partial charge is 0.336 e. The molecule has 0 atom stereocenters. The summed E-state index contributed by atoms with van der Waals surface area (Å²) in [5, 5.41) is 0. The molecule has 3 heterocycles. The maximum absolute atomic E-state index is 2.63. The van der Waals surface area contributed by atoms with Crippen molar-refractivity contribution in [2.24, 2.45) is 0 Å². The fourth-order valence-corrected chi connectivity index (χ4v) is 10.3. The number of hydrogen-bond acceptors (Lipinski definition) is 2. The van der Waals surface area contributed by atoms with Crippen LogP contribution in [0.2, 0.25) is 0 Å². The zero-order valence-electron chi connectivity index (χ0n) is 32.6. The summed E-state index contributed by atoms with van der Waals surface area (Å²) in [5.74, 6) is 0. The van der Waals surface area contributed by atoms with Gasteiger partial charge >= 0.3 is 0 Å². The molecule has 0 N–H and O–H groups in total. The zero-order chi connectivity index (χ0) is 38.9. The van der Waals surface area contributed by atoms with E-state index in [9.17, 15) is 0 Å². The van der Waals surface area contributed by atoms with E-state index in [0.29, 0.717) is 0 Å². The average molecular weight is 753 g/mol. The van der Waals surface area contributed by atoms with Crippen LogP contribution < -0.4 is 9.80 Å². The van der Waals surface area contributed by atoms with E-state index >= 15 is 0 Å². The molecule has 0 amide bonds. The smallest absolute Gasteiger partial charge is 0.0783 e. The number of anilines is 5. The first kappa shape index (κ1) is 33.7.